The minimum atomic E-state index is -0.994. The molecule has 2 atom stereocenters. The first-order chi connectivity index (χ1) is 18.3. The monoisotopic (exact) mass is 530 g/mol. The fourth-order valence-electron chi connectivity index (χ4n) is 4.97. The van der Waals surface area contributed by atoms with Crippen LogP contribution >= 0.6 is 11.3 Å². The second-order valence-electron chi connectivity index (χ2n) is 9.23. The van der Waals surface area contributed by atoms with Crippen molar-refractivity contribution in [2.75, 3.05) is 11.5 Å². The Morgan fingerprint density at radius 3 is 2.71 bits per heavy atom. The van der Waals surface area contributed by atoms with Crippen LogP contribution in [0.4, 0.5) is 9.52 Å². The Morgan fingerprint density at radius 1 is 1.16 bits per heavy atom. The summed E-state index contributed by atoms with van der Waals surface area (Å²) in [6, 6.07) is 15.1. The van der Waals surface area contributed by atoms with Crippen molar-refractivity contribution in [1.29, 1.82) is 0 Å². The molecule has 2 aliphatic rings. The minimum Gasteiger partial charge on any atom is -0.507 e. The number of hydrogen-bond acceptors (Lipinski definition) is 7. The molecule has 9 heteroatoms. The third kappa shape index (κ3) is 3.99. The zero-order valence-corrected chi connectivity index (χ0v) is 21.4. The maximum Gasteiger partial charge on any atom is 0.301 e. The normalized spacial score (nSPS) is 20.1. The number of fused-ring (bicyclic) bond motifs is 2. The van der Waals surface area contributed by atoms with Gasteiger partial charge in [-0.3, -0.25) is 14.5 Å². The summed E-state index contributed by atoms with van der Waals surface area (Å²) in [4.78, 5) is 32.8. The lowest BCUT2D eigenvalue weighted by atomic mass is 9.94. The molecule has 192 valence electrons. The molecule has 1 aromatic heterocycles. The van der Waals surface area contributed by atoms with Crippen LogP contribution in [0.2, 0.25) is 0 Å². The molecule has 1 N–H and O–H groups in total. The summed E-state index contributed by atoms with van der Waals surface area (Å²) in [5.41, 5.74) is 2.34. The maximum absolute atomic E-state index is 13.8. The van der Waals surface area contributed by atoms with E-state index in [2.05, 4.69) is 4.98 Å². The van der Waals surface area contributed by atoms with Crippen LogP contribution in [0.1, 0.15) is 36.6 Å². The van der Waals surface area contributed by atoms with Crippen LogP contribution in [0, 0.1) is 5.82 Å². The van der Waals surface area contributed by atoms with Crippen LogP contribution in [0.15, 0.2) is 66.2 Å². The van der Waals surface area contributed by atoms with Gasteiger partial charge in [0.1, 0.15) is 29.2 Å². The Morgan fingerprint density at radius 2 is 1.95 bits per heavy atom. The molecule has 1 fully saturated rings. The molecule has 0 spiro atoms. The van der Waals surface area contributed by atoms with Gasteiger partial charge < -0.3 is 14.6 Å². The molecule has 7 nitrogen and oxygen atoms in total. The number of carbonyl (C=O) groups excluding carboxylic acids is 2. The molecule has 3 aromatic carbocycles. The smallest absolute Gasteiger partial charge is 0.301 e. The summed E-state index contributed by atoms with van der Waals surface area (Å²) in [6.45, 7) is 4.35. The Labute approximate surface area is 221 Å². The van der Waals surface area contributed by atoms with E-state index < -0.39 is 23.5 Å². The van der Waals surface area contributed by atoms with Gasteiger partial charge in [-0.15, -0.1) is 0 Å². The number of carbonyl (C=O) groups is 2. The topological polar surface area (TPSA) is 89.0 Å². The number of anilines is 1. The average molecular weight is 531 g/mol. The van der Waals surface area contributed by atoms with Gasteiger partial charge in [-0.1, -0.05) is 23.5 Å². The van der Waals surface area contributed by atoms with Gasteiger partial charge in [0.15, 0.2) is 5.13 Å². The molecule has 4 aromatic rings. The number of aliphatic hydroxyl groups excluding tert-OH is 1. The van der Waals surface area contributed by atoms with Gasteiger partial charge in [-0.25, -0.2) is 9.37 Å². The summed E-state index contributed by atoms with van der Waals surface area (Å²) in [5, 5.41) is 11.7. The highest BCUT2D eigenvalue weighted by atomic mass is 32.1. The van der Waals surface area contributed by atoms with Gasteiger partial charge in [0.2, 0.25) is 0 Å². The van der Waals surface area contributed by atoms with Gasteiger partial charge in [0, 0.05) is 12.0 Å². The molecule has 1 saturated heterocycles. The molecule has 0 aliphatic carbocycles. The molecule has 0 radical (unpaired) electrons. The van der Waals surface area contributed by atoms with E-state index in [4.69, 9.17) is 9.47 Å². The van der Waals surface area contributed by atoms with Crippen LogP contribution in [0.25, 0.3) is 16.0 Å². The second-order valence-corrected chi connectivity index (χ2v) is 10.2. The molecule has 3 heterocycles. The van der Waals surface area contributed by atoms with Crippen molar-refractivity contribution >= 4 is 44.1 Å². The standard InChI is InChI=1S/C29H23FN2O5S/c1-3-36-20-9-10-21-23(14-20)38-29(31-21)32-25(16-4-7-19(30)8-5-16)24(27(34)28(32)35)26(33)17-6-11-22-18(13-17)12-15(2)37-22/h4-11,13-15,25,33H,3,12H2,1-2H3/t15-,25+/m1/s1. The number of thiazole rings is 1. The molecule has 0 saturated carbocycles. The van der Waals surface area contributed by atoms with Crippen molar-refractivity contribution in [3.63, 3.8) is 0 Å². The number of ether oxygens (including phenoxy) is 2. The Hall–Kier alpha value is -4.24. The van der Waals surface area contributed by atoms with Crippen molar-refractivity contribution in [2.45, 2.75) is 32.4 Å². The molecule has 1 amide bonds. The number of nitrogens with zero attached hydrogens (tertiary/aromatic N) is 2. The predicted octanol–water partition coefficient (Wildman–Crippen LogP) is 5.78. The molecule has 2 aliphatic heterocycles. The highest BCUT2D eigenvalue weighted by Crippen LogP contribution is 2.45. The van der Waals surface area contributed by atoms with Gasteiger partial charge in [-0.05, 0) is 73.5 Å². The van der Waals surface area contributed by atoms with Crippen molar-refractivity contribution in [3.05, 3.63) is 88.7 Å². The SMILES string of the molecule is CCOc1ccc2nc(N3C(=O)C(=O)C(=C(O)c4ccc5c(c4)C[C@@H](C)O5)[C@@H]3c3ccc(F)cc3)sc2c1. The maximum atomic E-state index is 13.8. The van der Waals surface area contributed by atoms with Gasteiger partial charge in [0.25, 0.3) is 5.78 Å². The van der Waals surface area contributed by atoms with Crippen LogP contribution in [-0.2, 0) is 16.0 Å². The number of amides is 1. The van der Waals surface area contributed by atoms with E-state index in [1.807, 2.05) is 19.9 Å². The summed E-state index contributed by atoms with van der Waals surface area (Å²) in [6.07, 6.45) is 0.677. The number of ketones is 1. The Balaban J connectivity index is 1.50. The van der Waals surface area contributed by atoms with Crippen LogP contribution in [0.3, 0.4) is 0 Å². The van der Waals surface area contributed by atoms with E-state index in [0.29, 0.717) is 40.6 Å². The van der Waals surface area contributed by atoms with Crippen molar-refractivity contribution in [3.8, 4) is 11.5 Å². The van der Waals surface area contributed by atoms with Crippen molar-refractivity contribution in [2.24, 2.45) is 0 Å². The van der Waals surface area contributed by atoms with E-state index in [-0.39, 0.29) is 17.4 Å². The third-order valence-electron chi connectivity index (χ3n) is 6.67. The zero-order chi connectivity index (χ0) is 26.6. The van der Waals surface area contributed by atoms with Crippen LogP contribution in [-0.4, -0.2) is 34.5 Å². The summed E-state index contributed by atoms with van der Waals surface area (Å²) < 4.78 is 25.9. The fraction of sp³-hybridized carbons (Fsp3) is 0.207. The summed E-state index contributed by atoms with van der Waals surface area (Å²) >= 11 is 1.23. The van der Waals surface area contributed by atoms with E-state index in [9.17, 15) is 19.1 Å². The average Bonchev–Trinajstić information content (AvgIpc) is 3.56. The minimum absolute atomic E-state index is 0.00877. The number of rotatable bonds is 5. The van der Waals surface area contributed by atoms with Crippen molar-refractivity contribution < 1.29 is 28.6 Å². The van der Waals surface area contributed by atoms with E-state index >= 15 is 0 Å². The number of hydrogen-bond donors (Lipinski definition) is 1. The van der Waals surface area contributed by atoms with Crippen LogP contribution in [0.5, 0.6) is 11.5 Å². The quantitative estimate of drug-likeness (QED) is 0.200. The first-order valence-electron chi connectivity index (χ1n) is 12.2. The largest absolute Gasteiger partial charge is 0.507 e. The second kappa shape index (κ2) is 9.25. The Bertz CT molecular complexity index is 1630. The number of Topliss-reactive ketones (excluding diaryl/α,β-unsaturated/α-hetero) is 1. The summed E-state index contributed by atoms with van der Waals surface area (Å²) in [5.74, 6) is -1.02. The summed E-state index contributed by atoms with van der Waals surface area (Å²) in [7, 11) is 0. The molecule has 38 heavy (non-hydrogen) atoms. The predicted molar refractivity (Wildman–Crippen MR) is 142 cm³/mol. The number of halogens is 1. The lowest BCUT2D eigenvalue weighted by Gasteiger charge is -2.23. The number of aromatic nitrogens is 1. The molecule has 0 bridgehead atoms. The van der Waals surface area contributed by atoms with Gasteiger partial charge in [-0.2, -0.15) is 0 Å². The Kier molecular flexibility index (Phi) is 5.87. The highest BCUT2D eigenvalue weighted by Gasteiger charge is 2.48. The molecular formula is C29H23FN2O5S. The zero-order valence-electron chi connectivity index (χ0n) is 20.6. The lowest BCUT2D eigenvalue weighted by Crippen LogP contribution is -2.29. The fourth-order valence-corrected chi connectivity index (χ4v) is 5.99. The third-order valence-corrected chi connectivity index (χ3v) is 7.68. The molecule has 6 rings (SSSR count). The highest BCUT2D eigenvalue weighted by molar-refractivity contribution is 7.22. The first-order valence-corrected chi connectivity index (χ1v) is 13.1. The molecule has 0 unspecified atom stereocenters. The van der Waals surface area contributed by atoms with Gasteiger partial charge in [0.05, 0.1) is 28.4 Å². The number of aliphatic hydroxyl groups is 1. The van der Waals surface area contributed by atoms with Crippen LogP contribution < -0.4 is 14.4 Å². The lowest BCUT2D eigenvalue weighted by molar-refractivity contribution is -0.132. The van der Waals surface area contributed by atoms with E-state index in [1.54, 1.807) is 30.3 Å². The van der Waals surface area contributed by atoms with E-state index in [0.717, 1.165) is 16.0 Å². The number of benzene rings is 3. The van der Waals surface area contributed by atoms with Crippen molar-refractivity contribution in [1.82, 2.24) is 4.98 Å². The van der Waals surface area contributed by atoms with E-state index in [1.165, 1.54) is 40.5 Å². The first kappa shape index (κ1) is 24.1. The molecular weight excluding hydrogens is 507 g/mol. The van der Waals surface area contributed by atoms with Gasteiger partial charge >= 0.3 is 5.91 Å².